The van der Waals surface area contributed by atoms with Crippen molar-refractivity contribution in [1.82, 2.24) is 15.0 Å². The number of hydrogen-bond acceptors (Lipinski definition) is 6. The maximum absolute atomic E-state index is 5.83. The summed E-state index contributed by atoms with van der Waals surface area (Å²) < 4.78 is 0. The normalized spacial score (nSPS) is 14.1. The third kappa shape index (κ3) is 3.19. The van der Waals surface area contributed by atoms with Crippen LogP contribution in [-0.2, 0) is 19.3 Å². The molecular weight excluding hydrogens is 294 g/mol. The predicted molar refractivity (Wildman–Crippen MR) is 82.4 cm³/mol. The van der Waals surface area contributed by atoms with Crippen molar-refractivity contribution in [3.63, 3.8) is 0 Å². The number of aryl methyl sites for hydroxylation is 2. The number of aromatic nitrogens is 3. The van der Waals surface area contributed by atoms with Crippen LogP contribution >= 0.6 is 22.9 Å². The Hall–Kier alpha value is -1.40. The molecule has 1 aliphatic rings. The lowest BCUT2D eigenvalue weighted by Crippen LogP contribution is -2.08. The molecule has 20 heavy (non-hydrogen) atoms. The summed E-state index contributed by atoms with van der Waals surface area (Å²) in [6, 6.07) is 1.67. The minimum Gasteiger partial charge on any atom is -0.369 e. The summed E-state index contributed by atoms with van der Waals surface area (Å²) in [4.78, 5) is 14.1. The first-order valence-corrected chi connectivity index (χ1v) is 7.91. The van der Waals surface area contributed by atoms with E-state index in [4.69, 9.17) is 22.3 Å². The minimum atomic E-state index is 0.185. The molecule has 0 aliphatic heterocycles. The molecule has 3 rings (SSSR count). The predicted octanol–water partition coefficient (Wildman–Crippen LogP) is 2.70. The van der Waals surface area contributed by atoms with E-state index >= 15 is 0 Å². The molecule has 0 bridgehead atoms. The highest BCUT2D eigenvalue weighted by Crippen LogP contribution is 2.26. The molecular formula is C13H16ClN5S. The fourth-order valence-electron chi connectivity index (χ4n) is 2.34. The molecule has 2 aromatic rings. The number of rotatable bonds is 4. The van der Waals surface area contributed by atoms with E-state index in [9.17, 15) is 0 Å². The lowest BCUT2D eigenvalue weighted by Gasteiger charge is -2.06. The second kappa shape index (κ2) is 5.93. The van der Waals surface area contributed by atoms with Crippen LogP contribution in [0.25, 0.3) is 0 Å². The second-order valence-corrected chi connectivity index (χ2v) is 6.35. The molecule has 106 valence electrons. The Labute approximate surface area is 126 Å². The van der Waals surface area contributed by atoms with Crippen molar-refractivity contribution in [2.45, 2.75) is 32.1 Å². The number of thiazole rings is 1. The quantitative estimate of drug-likeness (QED) is 0.849. The lowest BCUT2D eigenvalue weighted by molar-refractivity contribution is 0.680. The zero-order valence-electron chi connectivity index (χ0n) is 11.0. The summed E-state index contributed by atoms with van der Waals surface area (Å²) in [5.41, 5.74) is 6.86. The highest BCUT2D eigenvalue weighted by atomic mass is 35.5. The van der Waals surface area contributed by atoms with Gasteiger partial charge in [0, 0.05) is 23.9 Å². The summed E-state index contributed by atoms with van der Waals surface area (Å²) in [6.45, 7) is 0.763. The summed E-state index contributed by atoms with van der Waals surface area (Å²) in [6.07, 6.45) is 5.79. The fourth-order valence-corrected chi connectivity index (χ4v) is 3.68. The van der Waals surface area contributed by atoms with Crippen LogP contribution in [0.2, 0.25) is 5.15 Å². The monoisotopic (exact) mass is 309 g/mol. The van der Waals surface area contributed by atoms with Gasteiger partial charge in [-0.05, 0) is 25.7 Å². The van der Waals surface area contributed by atoms with Gasteiger partial charge in [0.1, 0.15) is 11.0 Å². The van der Waals surface area contributed by atoms with Gasteiger partial charge in [0.05, 0.1) is 10.7 Å². The number of nitrogens with one attached hydrogen (secondary N) is 1. The minimum absolute atomic E-state index is 0.185. The first-order valence-electron chi connectivity index (χ1n) is 6.72. The van der Waals surface area contributed by atoms with Gasteiger partial charge in [-0.15, -0.1) is 11.3 Å². The number of nitrogen functional groups attached to an aromatic ring is 1. The van der Waals surface area contributed by atoms with Crippen LogP contribution in [0.1, 0.15) is 28.4 Å². The second-order valence-electron chi connectivity index (χ2n) is 4.80. The highest BCUT2D eigenvalue weighted by Gasteiger charge is 2.14. The van der Waals surface area contributed by atoms with Crippen molar-refractivity contribution in [3.05, 3.63) is 26.8 Å². The van der Waals surface area contributed by atoms with E-state index in [-0.39, 0.29) is 5.95 Å². The van der Waals surface area contributed by atoms with Crippen LogP contribution in [0.5, 0.6) is 0 Å². The van der Waals surface area contributed by atoms with E-state index in [0.717, 1.165) is 19.4 Å². The highest BCUT2D eigenvalue weighted by molar-refractivity contribution is 7.11. The molecule has 0 aromatic carbocycles. The topological polar surface area (TPSA) is 76.7 Å². The summed E-state index contributed by atoms with van der Waals surface area (Å²) in [5.74, 6) is 0.841. The molecule has 3 N–H and O–H groups in total. The third-order valence-electron chi connectivity index (χ3n) is 3.25. The average Bonchev–Trinajstić information content (AvgIpc) is 2.80. The van der Waals surface area contributed by atoms with E-state index in [1.54, 1.807) is 6.07 Å². The van der Waals surface area contributed by atoms with Crippen LogP contribution in [-0.4, -0.2) is 21.5 Å². The molecule has 0 fully saturated rings. The van der Waals surface area contributed by atoms with E-state index < -0.39 is 0 Å². The smallest absolute Gasteiger partial charge is 0.223 e. The molecule has 1 aliphatic carbocycles. The largest absolute Gasteiger partial charge is 0.369 e. The molecule has 2 aromatic heterocycles. The number of halogens is 1. The van der Waals surface area contributed by atoms with Crippen molar-refractivity contribution >= 4 is 34.7 Å². The zero-order valence-corrected chi connectivity index (χ0v) is 12.6. The maximum Gasteiger partial charge on any atom is 0.223 e. The molecule has 0 saturated heterocycles. The Bertz CT molecular complexity index is 569. The van der Waals surface area contributed by atoms with Gasteiger partial charge in [0.25, 0.3) is 0 Å². The van der Waals surface area contributed by atoms with Gasteiger partial charge in [-0.2, -0.15) is 4.98 Å². The Morgan fingerprint density at radius 2 is 2.10 bits per heavy atom. The molecule has 2 heterocycles. The van der Waals surface area contributed by atoms with Crippen molar-refractivity contribution < 1.29 is 0 Å². The van der Waals surface area contributed by atoms with Gasteiger partial charge in [0.2, 0.25) is 5.95 Å². The van der Waals surface area contributed by atoms with Gasteiger partial charge in [-0.3, -0.25) is 0 Å². The number of nitrogens with zero attached hydrogens (tertiary/aromatic N) is 3. The Morgan fingerprint density at radius 3 is 2.90 bits per heavy atom. The lowest BCUT2D eigenvalue weighted by atomic mass is 10.0. The van der Waals surface area contributed by atoms with Crippen LogP contribution in [0.15, 0.2) is 6.07 Å². The van der Waals surface area contributed by atoms with Crippen LogP contribution < -0.4 is 11.1 Å². The van der Waals surface area contributed by atoms with Gasteiger partial charge < -0.3 is 11.1 Å². The van der Waals surface area contributed by atoms with E-state index in [1.165, 1.54) is 34.8 Å². The number of fused-ring (bicyclic) bond motifs is 1. The van der Waals surface area contributed by atoms with E-state index in [0.29, 0.717) is 11.0 Å². The SMILES string of the molecule is Nc1nc(Cl)cc(NCCc2nc3c(s2)CCCC3)n1. The molecule has 0 radical (unpaired) electrons. The molecule has 0 spiro atoms. The third-order valence-corrected chi connectivity index (χ3v) is 4.66. The maximum atomic E-state index is 5.83. The number of anilines is 2. The molecule has 0 saturated carbocycles. The molecule has 7 heteroatoms. The van der Waals surface area contributed by atoms with E-state index in [1.807, 2.05) is 11.3 Å². The molecule has 5 nitrogen and oxygen atoms in total. The molecule has 0 atom stereocenters. The number of hydrogen-bond donors (Lipinski definition) is 2. The Morgan fingerprint density at radius 1 is 1.25 bits per heavy atom. The first-order chi connectivity index (χ1) is 9.70. The van der Waals surface area contributed by atoms with Crippen LogP contribution in [0.3, 0.4) is 0 Å². The fraction of sp³-hybridized carbons (Fsp3) is 0.462. The first kappa shape index (κ1) is 13.6. The summed E-state index contributed by atoms with van der Waals surface area (Å²) in [5, 5.41) is 4.75. The van der Waals surface area contributed by atoms with Crippen LogP contribution in [0, 0.1) is 0 Å². The standard InChI is InChI=1S/C13H16ClN5S/c14-10-7-11(19-13(15)18-10)16-6-5-12-17-8-3-1-2-4-9(8)20-12/h7H,1-6H2,(H3,15,16,18,19). The number of nitrogens with two attached hydrogens (primary N) is 1. The summed E-state index contributed by atoms with van der Waals surface area (Å²) in [7, 11) is 0. The average molecular weight is 310 g/mol. The van der Waals surface area contributed by atoms with Crippen molar-refractivity contribution in [2.24, 2.45) is 0 Å². The molecule has 0 amide bonds. The van der Waals surface area contributed by atoms with Crippen LogP contribution in [0.4, 0.5) is 11.8 Å². The van der Waals surface area contributed by atoms with Gasteiger partial charge >= 0.3 is 0 Å². The van der Waals surface area contributed by atoms with Crippen molar-refractivity contribution in [2.75, 3.05) is 17.6 Å². The van der Waals surface area contributed by atoms with Gasteiger partial charge in [0.15, 0.2) is 0 Å². The van der Waals surface area contributed by atoms with Gasteiger partial charge in [-0.1, -0.05) is 11.6 Å². The van der Waals surface area contributed by atoms with Crippen molar-refractivity contribution in [1.29, 1.82) is 0 Å². The Kier molecular flexibility index (Phi) is 4.03. The van der Waals surface area contributed by atoms with E-state index in [2.05, 4.69) is 15.3 Å². The molecule has 0 unspecified atom stereocenters. The Balaban J connectivity index is 1.58. The summed E-state index contributed by atoms with van der Waals surface area (Å²) >= 11 is 7.68. The van der Waals surface area contributed by atoms with Crippen molar-refractivity contribution in [3.8, 4) is 0 Å². The zero-order chi connectivity index (χ0) is 13.9. The van der Waals surface area contributed by atoms with Gasteiger partial charge in [-0.25, -0.2) is 9.97 Å².